The summed E-state index contributed by atoms with van der Waals surface area (Å²) in [5.74, 6) is 1.56. The Morgan fingerprint density at radius 1 is 1.00 bits per heavy atom. The number of rotatable bonds is 11. The summed E-state index contributed by atoms with van der Waals surface area (Å²) in [5, 5.41) is 14.9. The SMILES string of the molecule is CCOc1ccc(NC(=O)CSc2nnc(CNC(=O)c3cccc(C)c3)n2-c2ccccc2OC)cc1. The van der Waals surface area contributed by atoms with Crippen molar-refractivity contribution >= 4 is 29.3 Å². The van der Waals surface area contributed by atoms with Crippen LogP contribution in [0, 0.1) is 6.92 Å². The second kappa shape index (κ2) is 12.8. The molecule has 3 aromatic carbocycles. The Balaban J connectivity index is 1.50. The molecule has 2 N–H and O–H groups in total. The lowest BCUT2D eigenvalue weighted by atomic mass is 10.1. The van der Waals surface area contributed by atoms with Crippen LogP contribution in [0.2, 0.25) is 0 Å². The van der Waals surface area contributed by atoms with Crippen LogP contribution in [0.3, 0.4) is 0 Å². The number of carbonyl (C=O) groups is 2. The van der Waals surface area contributed by atoms with E-state index >= 15 is 0 Å². The number of para-hydroxylation sites is 2. The van der Waals surface area contributed by atoms with Gasteiger partial charge < -0.3 is 20.1 Å². The maximum absolute atomic E-state index is 12.7. The summed E-state index contributed by atoms with van der Waals surface area (Å²) < 4.78 is 12.8. The molecule has 0 radical (unpaired) electrons. The van der Waals surface area contributed by atoms with Crippen LogP contribution in [0.1, 0.15) is 28.7 Å². The Morgan fingerprint density at radius 3 is 2.53 bits per heavy atom. The first kappa shape index (κ1) is 26.7. The zero-order chi connectivity index (χ0) is 26.9. The van der Waals surface area contributed by atoms with Crippen LogP contribution in [-0.4, -0.2) is 46.0 Å². The van der Waals surface area contributed by atoms with Crippen molar-refractivity contribution in [2.45, 2.75) is 25.5 Å². The van der Waals surface area contributed by atoms with E-state index < -0.39 is 0 Å². The minimum absolute atomic E-state index is 0.107. The van der Waals surface area contributed by atoms with Crippen molar-refractivity contribution < 1.29 is 19.1 Å². The van der Waals surface area contributed by atoms with Gasteiger partial charge in [-0.3, -0.25) is 14.2 Å². The minimum Gasteiger partial charge on any atom is -0.495 e. The number of aromatic nitrogens is 3. The molecule has 0 atom stereocenters. The van der Waals surface area contributed by atoms with Crippen molar-refractivity contribution in [3.05, 3.63) is 89.7 Å². The molecule has 0 aliphatic carbocycles. The van der Waals surface area contributed by atoms with E-state index in [0.717, 1.165) is 11.3 Å². The van der Waals surface area contributed by atoms with Gasteiger partial charge in [-0.15, -0.1) is 10.2 Å². The summed E-state index contributed by atoms with van der Waals surface area (Å²) in [6.07, 6.45) is 0. The van der Waals surface area contributed by atoms with Gasteiger partial charge in [0.1, 0.15) is 11.5 Å². The Morgan fingerprint density at radius 2 is 1.79 bits per heavy atom. The number of nitrogens with one attached hydrogen (secondary N) is 2. The first-order valence-electron chi connectivity index (χ1n) is 12.1. The molecule has 0 unspecified atom stereocenters. The standard InChI is InChI=1S/C28H29N5O4S/c1-4-37-22-14-12-21(13-15-22)30-26(34)18-38-28-32-31-25(33(28)23-10-5-6-11-24(23)36-3)17-29-27(35)20-9-7-8-19(2)16-20/h5-16H,4,17-18H2,1-3H3,(H,29,35)(H,30,34). The third-order valence-electron chi connectivity index (χ3n) is 5.50. The summed E-state index contributed by atoms with van der Waals surface area (Å²) >= 11 is 1.24. The van der Waals surface area contributed by atoms with Crippen molar-refractivity contribution in [2.75, 3.05) is 24.8 Å². The number of carbonyl (C=O) groups excluding carboxylic acids is 2. The Bertz CT molecular complexity index is 1400. The minimum atomic E-state index is -0.216. The van der Waals surface area contributed by atoms with Crippen LogP contribution < -0.4 is 20.1 Å². The van der Waals surface area contributed by atoms with Crippen molar-refractivity contribution in [2.24, 2.45) is 0 Å². The molecule has 196 valence electrons. The highest BCUT2D eigenvalue weighted by molar-refractivity contribution is 7.99. The van der Waals surface area contributed by atoms with Crippen molar-refractivity contribution in [1.29, 1.82) is 0 Å². The highest BCUT2D eigenvalue weighted by atomic mass is 32.2. The predicted molar refractivity (Wildman–Crippen MR) is 147 cm³/mol. The Hall–Kier alpha value is -4.31. The van der Waals surface area contributed by atoms with Crippen molar-refractivity contribution in [3.8, 4) is 17.2 Å². The summed E-state index contributed by atoms with van der Waals surface area (Å²) in [4.78, 5) is 25.4. The fraction of sp³-hybridized carbons (Fsp3) is 0.214. The number of aryl methyl sites for hydroxylation is 1. The van der Waals surface area contributed by atoms with Crippen LogP contribution in [-0.2, 0) is 11.3 Å². The highest BCUT2D eigenvalue weighted by Crippen LogP contribution is 2.29. The molecule has 0 saturated heterocycles. The van der Waals surface area contributed by atoms with E-state index in [1.54, 1.807) is 29.9 Å². The van der Waals surface area contributed by atoms with Gasteiger partial charge in [-0.1, -0.05) is 41.6 Å². The second-order valence-corrected chi connectivity index (χ2v) is 9.19. The second-order valence-electron chi connectivity index (χ2n) is 8.25. The fourth-order valence-electron chi connectivity index (χ4n) is 3.74. The Kier molecular flexibility index (Phi) is 8.99. The molecular formula is C28H29N5O4S. The van der Waals surface area contributed by atoms with Crippen molar-refractivity contribution in [3.63, 3.8) is 0 Å². The van der Waals surface area contributed by atoms with Gasteiger partial charge in [0.25, 0.3) is 5.91 Å². The highest BCUT2D eigenvalue weighted by Gasteiger charge is 2.19. The maximum Gasteiger partial charge on any atom is 0.251 e. The third-order valence-corrected chi connectivity index (χ3v) is 6.42. The molecule has 1 aromatic heterocycles. The van der Waals surface area contributed by atoms with Gasteiger partial charge in [-0.25, -0.2) is 0 Å². The fourth-order valence-corrected chi connectivity index (χ4v) is 4.50. The molecule has 0 saturated carbocycles. The van der Waals surface area contributed by atoms with Crippen molar-refractivity contribution in [1.82, 2.24) is 20.1 Å². The number of ether oxygens (including phenoxy) is 2. The van der Waals surface area contributed by atoms with Crippen LogP contribution in [0.4, 0.5) is 5.69 Å². The topological polar surface area (TPSA) is 107 Å². The van der Waals surface area contributed by atoms with Gasteiger partial charge in [0, 0.05) is 11.3 Å². The number of methoxy groups -OCH3 is 1. The first-order valence-corrected chi connectivity index (χ1v) is 13.0. The lowest BCUT2D eigenvalue weighted by molar-refractivity contribution is -0.113. The van der Waals surface area contributed by atoms with Gasteiger partial charge in [0.05, 0.1) is 31.7 Å². The molecule has 2 amide bonds. The van der Waals surface area contributed by atoms with Gasteiger partial charge in [0.2, 0.25) is 5.91 Å². The molecule has 0 fully saturated rings. The van der Waals surface area contributed by atoms with Crippen LogP contribution >= 0.6 is 11.8 Å². The third kappa shape index (κ3) is 6.71. The number of hydrogen-bond donors (Lipinski definition) is 2. The van der Waals surface area contributed by atoms with E-state index in [-0.39, 0.29) is 24.1 Å². The molecule has 1 heterocycles. The van der Waals surface area contributed by atoms with E-state index in [4.69, 9.17) is 9.47 Å². The van der Waals surface area contributed by atoms with Crippen LogP contribution in [0.15, 0.2) is 78.0 Å². The van der Waals surface area contributed by atoms with Gasteiger partial charge in [-0.2, -0.15) is 0 Å². The predicted octanol–water partition coefficient (Wildman–Crippen LogP) is 4.64. The average Bonchev–Trinajstić information content (AvgIpc) is 3.34. The molecule has 38 heavy (non-hydrogen) atoms. The molecule has 10 heteroatoms. The zero-order valence-corrected chi connectivity index (χ0v) is 22.2. The quantitative estimate of drug-likeness (QED) is 0.272. The molecule has 4 rings (SSSR count). The number of anilines is 1. The Labute approximate surface area is 225 Å². The van der Waals surface area contributed by atoms with E-state index in [1.165, 1.54) is 11.8 Å². The maximum atomic E-state index is 12.7. The largest absolute Gasteiger partial charge is 0.495 e. The van der Waals surface area contributed by atoms with Crippen LogP contribution in [0.5, 0.6) is 11.5 Å². The molecule has 4 aromatic rings. The zero-order valence-electron chi connectivity index (χ0n) is 21.4. The van der Waals surface area contributed by atoms with E-state index in [1.807, 2.05) is 68.4 Å². The van der Waals surface area contributed by atoms with Crippen LogP contribution in [0.25, 0.3) is 5.69 Å². The number of amides is 2. The smallest absolute Gasteiger partial charge is 0.251 e. The van der Waals surface area contributed by atoms with Gasteiger partial charge in [0.15, 0.2) is 11.0 Å². The molecule has 0 aliphatic rings. The molecule has 0 aliphatic heterocycles. The molecule has 0 bridgehead atoms. The number of benzene rings is 3. The number of thioether (sulfide) groups is 1. The molecule has 9 nitrogen and oxygen atoms in total. The summed E-state index contributed by atoms with van der Waals surface area (Å²) in [7, 11) is 1.58. The van der Waals surface area contributed by atoms with E-state index in [0.29, 0.717) is 40.3 Å². The first-order chi connectivity index (χ1) is 18.5. The number of nitrogens with zero attached hydrogens (tertiary/aromatic N) is 3. The normalized spacial score (nSPS) is 10.6. The van der Waals surface area contributed by atoms with E-state index in [9.17, 15) is 9.59 Å². The summed E-state index contributed by atoms with van der Waals surface area (Å²) in [5.41, 5.74) is 2.94. The summed E-state index contributed by atoms with van der Waals surface area (Å²) in [6, 6.07) is 22.0. The lowest BCUT2D eigenvalue weighted by Crippen LogP contribution is -2.24. The summed E-state index contributed by atoms with van der Waals surface area (Å²) in [6.45, 7) is 4.56. The molecule has 0 spiro atoms. The average molecular weight is 532 g/mol. The molecular weight excluding hydrogens is 502 g/mol. The lowest BCUT2D eigenvalue weighted by Gasteiger charge is -2.14. The van der Waals surface area contributed by atoms with Gasteiger partial charge >= 0.3 is 0 Å². The van der Waals surface area contributed by atoms with Gasteiger partial charge in [-0.05, 0) is 62.4 Å². The number of hydrogen-bond acceptors (Lipinski definition) is 7. The monoisotopic (exact) mass is 531 g/mol. The van der Waals surface area contributed by atoms with E-state index in [2.05, 4.69) is 20.8 Å².